The van der Waals surface area contributed by atoms with Crippen LogP contribution >= 0.6 is 0 Å². The molecule has 2 heterocycles. The zero-order valence-corrected chi connectivity index (χ0v) is 7.39. The molecule has 0 fully saturated rings. The first-order valence-corrected chi connectivity index (χ1v) is 4.63. The van der Waals surface area contributed by atoms with Crippen LogP contribution in [0.15, 0.2) is 4.52 Å². The van der Waals surface area contributed by atoms with Crippen LogP contribution in [0.2, 0.25) is 0 Å². The van der Waals surface area contributed by atoms with Crippen LogP contribution in [0.5, 0.6) is 0 Å². The van der Waals surface area contributed by atoms with Gasteiger partial charge in [0.2, 0.25) is 5.88 Å². The molecule has 0 saturated carbocycles. The number of aryl methyl sites for hydroxylation is 1. The van der Waals surface area contributed by atoms with Crippen molar-refractivity contribution in [1.82, 2.24) is 5.16 Å². The van der Waals surface area contributed by atoms with Gasteiger partial charge in [0.05, 0.1) is 5.69 Å². The van der Waals surface area contributed by atoms with E-state index in [0.29, 0.717) is 0 Å². The molecule has 0 unspecified atom stereocenters. The van der Waals surface area contributed by atoms with E-state index in [2.05, 4.69) is 17.4 Å². The Balaban J connectivity index is 2.11. The second kappa shape index (κ2) is 3.17. The number of hydrogen-bond donors (Lipinski definition) is 1. The van der Waals surface area contributed by atoms with E-state index in [0.717, 1.165) is 31.0 Å². The van der Waals surface area contributed by atoms with Crippen LogP contribution in [-0.2, 0) is 12.8 Å². The van der Waals surface area contributed by atoms with Crippen molar-refractivity contribution >= 4 is 5.88 Å². The molecule has 1 aliphatic rings. The maximum absolute atomic E-state index is 5.14. The van der Waals surface area contributed by atoms with E-state index in [4.69, 9.17) is 4.52 Å². The number of nitrogens with one attached hydrogen (secondary N) is 1. The molecular formula is C9H14N2O. The Hall–Kier alpha value is -0.990. The number of fused-ring (bicyclic) bond motifs is 1. The van der Waals surface area contributed by atoms with Gasteiger partial charge in [-0.3, -0.25) is 0 Å². The second-order valence-corrected chi connectivity index (χ2v) is 3.22. The highest BCUT2D eigenvalue weighted by Crippen LogP contribution is 2.25. The molecule has 3 nitrogen and oxygen atoms in total. The van der Waals surface area contributed by atoms with Crippen LogP contribution in [0, 0.1) is 0 Å². The van der Waals surface area contributed by atoms with Gasteiger partial charge in [-0.05, 0) is 19.3 Å². The molecule has 2 rings (SSSR count). The highest BCUT2D eigenvalue weighted by Gasteiger charge is 2.19. The summed E-state index contributed by atoms with van der Waals surface area (Å²) >= 11 is 0. The van der Waals surface area contributed by atoms with Crippen molar-refractivity contribution < 1.29 is 4.52 Å². The van der Waals surface area contributed by atoms with Gasteiger partial charge in [-0.25, -0.2) is 0 Å². The van der Waals surface area contributed by atoms with Gasteiger partial charge in [-0.15, -0.1) is 0 Å². The first kappa shape index (κ1) is 7.65. The summed E-state index contributed by atoms with van der Waals surface area (Å²) in [5.41, 5.74) is 2.47. The first-order valence-electron chi connectivity index (χ1n) is 4.63. The van der Waals surface area contributed by atoms with Gasteiger partial charge >= 0.3 is 0 Å². The van der Waals surface area contributed by atoms with Crippen molar-refractivity contribution in [2.45, 2.75) is 32.6 Å². The van der Waals surface area contributed by atoms with Gasteiger partial charge < -0.3 is 9.84 Å². The summed E-state index contributed by atoms with van der Waals surface area (Å²) in [7, 11) is 0. The molecule has 0 spiro atoms. The molecular weight excluding hydrogens is 152 g/mol. The Morgan fingerprint density at radius 2 is 2.50 bits per heavy atom. The molecule has 0 bridgehead atoms. The Kier molecular flexibility index (Phi) is 2.02. The normalized spacial score (nSPS) is 14.4. The van der Waals surface area contributed by atoms with E-state index in [1.54, 1.807) is 0 Å². The largest absolute Gasteiger partial charge is 0.353 e. The maximum atomic E-state index is 5.14. The fourth-order valence-electron chi connectivity index (χ4n) is 1.58. The first-order chi connectivity index (χ1) is 5.92. The average Bonchev–Trinajstić information content (AvgIpc) is 2.62. The van der Waals surface area contributed by atoms with Crippen molar-refractivity contribution in [3.63, 3.8) is 0 Å². The minimum atomic E-state index is 0.904. The van der Waals surface area contributed by atoms with E-state index in [-0.39, 0.29) is 0 Å². The van der Waals surface area contributed by atoms with Crippen molar-refractivity contribution in [2.75, 3.05) is 11.9 Å². The fraction of sp³-hybridized carbons (Fsp3) is 0.667. The molecule has 0 atom stereocenters. The molecule has 0 radical (unpaired) electrons. The molecule has 0 aliphatic carbocycles. The number of anilines is 1. The third-order valence-electron chi connectivity index (χ3n) is 2.30. The molecule has 0 amide bonds. The number of nitrogens with zero attached hydrogens (tertiary/aromatic N) is 1. The molecule has 12 heavy (non-hydrogen) atoms. The van der Waals surface area contributed by atoms with E-state index < -0.39 is 0 Å². The van der Waals surface area contributed by atoms with Crippen molar-refractivity contribution in [2.24, 2.45) is 0 Å². The van der Waals surface area contributed by atoms with Gasteiger partial charge in [0.1, 0.15) is 0 Å². The van der Waals surface area contributed by atoms with Gasteiger partial charge in [0.25, 0.3) is 0 Å². The van der Waals surface area contributed by atoms with Crippen LogP contribution < -0.4 is 5.32 Å². The van der Waals surface area contributed by atoms with Crippen LogP contribution in [0.4, 0.5) is 5.88 Å². The molecule has 66 valence electrons. The number of hydrogen-bond acceptors (Lipinski definition) is 3. The lowest BCUT2D eigenvalue weighted by atomic mass is 10.1. The van der Waals surface area contributed by atoms with Crippen LogP contribution in [0.3, 0.4) is 0 Å². The number of aromatic nitrogens is 1. The Bertz CT molecular complexity index is 267. The smallest absolute Gasteiger partial charge is 0.228 e. The lowest BCUT2D eigenvalue weighted by molar-refractivity contribution is 0.423. The Morgan fingerprint density at radius 1 is 1.58 bits per heavy atom. The van der Waals surface area contributed by atoms with Gasteiger partial charge in [-0.2, -0.15) is 0 Å². The number of unbranched alkanes of at least 4 members (excludes halogenated alkanes) is 1. The SMILES string of the molecule is CCCCc1noc2c1CCN2. The lowest BCUT2D eigenvalue weighted by Gasteiger charge is -1.93. The summed E-state index contributed by atoms with van der Waals surface area (Å²) in [6, 6.07) is 0. The monoisotopic (exact) mass is 166 g/mol. The zero-order chi connectivity index (χ0) is 8.39. The summed E-state index contributed by atoms with van der Waals surface area (Å²) in [5, 5.41) is 7.21. The Morgan fingerprint density at radius 3 is 3.33 bits per heavy atom. The third kappa shape index (κ3) is 1.19. The molecule has 3 heteroatoms. The van der Waals surface area contributed by atoms with Gasteiger partial charge in [0.15, 0.2) is 0 Å². The molecule has 0 aromatic carbocycles. The summed E-state index contributed by atoms with van der Waals surface area (Å²) < 4.78 is 5.14. The van der Waals surface area contributed by atoms with E-state index >= 15 is 0 Å². The van der Waals surface area contributed by atoms with E-state index in [1.165, 1.54) is 18.4 Å². The maximum Gasteiger partial charge on any atom is 0.228 e. The predicted octanol–water partition coefficient (Wildman–Crippen LogP) is 1.99. The molecule has 1 aromatic heterocycles. The molecule has 1 aliphatic heterocycles. The average molecular weight is 166 g/mol. The van der Waals surface area contributed by atoms with E-state index in [1.807, 2.05) is 0 Å². The summed E-state index contributed by atoms with van der Waals surface area (Å²) in [4.78, 5) is 0. The number of rotatable bonds is 3. The summed E-state index contributed by atoms with van der Waals surface area (Å²) in [6.45, 7) is 3.20. The quantitative estimate of drug-likeness (QED) is 0.746. The Labute approximate surface area is 72.1 Å². The van der Waals surface area contributed by atoms with E-state index in [9.17, 15) is 0 Å². The standard InChI is InChI=1S/C9H14N2O/c1-2-3-4-8-7-5-6-10-9(7)12-11-8/h10H,2-6H2,1H3. The highest BCUT2D eigenvalue weighted by atomic mass is 16.5. The minimum absolute atomic E-state index is 0.904. The van der Waals surface area contributed by atoms with Crippen LogP contribution in [0.1, 0.15) is 31.0 Å². The van der Waals surface area contributed by atoms with Gasteiger partial charge in [-0.1, -0.05) is 18.5 Å². The lowest BCUT2D eigenvalue weighted by Crippen LogP contribution is -1.94. The molecule has 1 N–H and O–H groups in total. The summed E-state index contributed by atoms with van der Waals surface area (Å²) in [6.07, 6.45) is 4.57. The molecule has 0 saturated heterocycles. The van der Waals surface area contributed by atoms with Crippen LogP contribution in [0.25, 0.3) is 0 Å². The van der Waals surface area contributed by atoms with Crippen molar-refractivity contribution in [1.29, 1.82) is 0 Å². The van der Waals surface area contributed by atoms with Crippen molar-refractivity contribution in [3.8, 4) is 0 Å². The summed E-state index contributed by atoms with van der Waals surface area (Å²) in [5.74, 6) is 0.904. The van der Waals surface area contributed by atoms with Gasteiger partial charge in [0, 0.05) is 12.1 Å². The minimum Gasteiger partial charge on any atom is -0.353 e. The highest BCUT2D eigenvalue weighted by molar-refractivity contribution is 5.48. The molecule has 1 aromatic rings. The topological polar surface area (TPSA) is 38.1 Å². The zero-order valence-electron chi connectivity index (χ0n) is 7.39. The third-order valence-corrected chi connectivity index (χ3v) is 2.30. The predicted molar refractivity (Wildman–Crippen MR) is 47.3 cm³/mol. The van der Waals surface area contributed by atoms with Crippen molar-refractivity contribution in [3.05, 3.63) is 11.3 Å². The fourth-order valence-corrected chi connectivity index (χ4v) is 1.58. The second-order valence-electron chi connectivity index (χ2n) is 3.22. The van der Waals surface area contributed by atoms with Crippen LogP contribution in [-0.4, -0.2) is 11.7 Å².